The first-order chi connectivity index (χ1) is 11.6. The molecule has 2 rings (SSSR count). The fourth-order valence-corrected chi connectivity index (χ4v) is 3.63. The maximum absolute atomic E-state index is 12.1. The van der Waals surface area contributed by atoms with Crippen LogP contribution in [0.5, 0.6) is 0 Å². The summed E-state index contributed by atoms with van der Waals surface area (Å²) in [5, 5.41) is 2.93. The summed E-state index contributed by atoms with van der Waals surface area (Å²) >= 11 is 1.35. The lowest BCUT2D eigenvalue weighted by Gasteiger charge is -2.28. The third-order valence-electron chi connectivity index (χ3n) is 4.82. The van der Waals surface area contributed by atoms with Crippen LogP contribution in [0.3, 0.4) is 0 Å². The monoisotopic (exact) mass is 355 g/mol. The number of amides is 3. The van der Waals surface area contributed by atoms with Crippen molar-refractivity contribution in [1.82, 2.24) is 15.1 Å². The number of likely N-dealkylation sites (N-methyl/N-ethyl adjacent to an activating group) is 1. The SMILES string of the molecule is CN(CCN1CCCCC1=O)C(=O)CSCC(=O)NCC1CCC1. The maximum Gasteiger partial charge on any atom is 0.232 e. The Morgan fingerprint density at radius 3 is 2.71 bits per heavy atom. The van der Waals surface area contributed by atoms with Gasteiger partial charge in [0.2, 0.25) is 17.7 Å². The van der Waals surface area contributed by atoms with E-state index in [-0.39, 0.29) is 17.7 Å². The zero-order chi connectivity index (χ0) is 17.4. The highest BCUT2D eigenvalue weighted by atomic mass is 32.2. The van der Waals surface area contributed by atoms with Crippen molar-refractivity contribution in [3.8, 4) is 0 Å². The molecule has 0 aromatic rings. The Labute approximate surface area is 148 Å². The number of carbonyl (C=O) groups excluding carboxylic acids is 3. The highest BCUT2D eigenvalue weighted by molar-refractivity contribution is 8.00. The molecule has 3 amide bonds. The molecule has 2 fully saturated rings. The predicted molar refractivity (Wildman–Crippen MR) is 95.7 cm³/mol. The molecule has 1 saturated heterocycles. The third kappa shape index (κ3) is 6.34. The molecular weight excluding hydrogens is 326 g/mol. The van der Waals surface area contributed by atoms with Crippen molar-refractivity contribution in [2.45, 2.75) is 38.5 Å². The zero-order valence-electron chi connectivity index (χ0n) is 14.6. The maximum atomic E-state index is 12.1. The van der Waals surface area contributed by atoms with Crippen LogP contribution in [0.15, 0.2) is 0 Å². The molecule has 24 heavy (non-hydrogen) atoms. The van der Waals surface area contributed by atoms with Gasteiger partial charge in [0, 0.05) is 39.6 Å². The number of hydrogen-bond donors (Lipinski definition) is 1. The smallest absolute Gasteiger partial charge is 0.232 e. The van der Waals surface area contributed by atoms with Gasteiger partial charge in [-0.05, 0) is 31.6 Å². The van der Waals surface area contributed by atoms with E-state index in [1.807, 2.05) is 4.90 Å². The Hall–Kier alpha value is -1.24. The van der Waals surface area contributed by atoms with Crippen molar-refractivity contribution in [2.75, 3.05) is 44.7 Å². The summed E-state index contributed by atoms with van der Waals surface area (Å²) in [7, 11) is 1.76. The molecule has 0 unspecified atom stereocenters. The first kappa shape index (κ1) is 19.1. The highest BCUT2D eigenvalue weighted by Crippen LogP contribution is 2.25. The Morgan fingerprint density at radius 1 is 1.25 bits per heavy atom. The molecule has 1 saturated carbocycles. The molecule has 0 spiro atoms. The molecule has 0 atom stereocenters. The Kier molecular flexibility index (Phi) is 7.88. The van der Waals surface area contributed by atoms with Crippen molar-refractivity contribution in [2.24, 2.45) is 5.92 Å². The second-order valence-corrected chi connectivity index (χ2v) is 7.73. The van der Waals surface area contributed by atoms with Gasteiger partial charge in [-0.25, -0.2) is 0 Å². The number of nitrogens with one attached hydrogen (secondary N) is 1. The number of likely N-dealkylation sites (tertiary alicyclic amines) is 1. The zero-order valence-corrected chi connectivity index (χ0v) is 15.4. The Bertz CT molecular complexity index is 454. The molecule has 0 radical (unpaired) electrons. The van der Waals surface area contributed by atoms with Crippen molar-refractivity contribution in [1.29, 1.82) is 0 Å². The van der Waals surface area contributed by atoms with Gasteiger partial charge in [-0.1, -0.05) is 6.42 Å². The minimum absolute atomic E-state index is 0.0104. The summed E-state index contributed by atoms with van der Waals surface area (Å²) in [6, 6.07) is 0. The van der Waals surface area contributed by atoms with Gasteiger partial charge in [-0.2, -0.15) is 0 Å². The second-order valence-electron chi connectivity index (χ2n) is 6.75. The quantitative estimate of drug-likeness (QED) is 0.673. The summed E-state index contributed by atoms with van der Waals surface area (Å²) in [5.41, 5.74) is 0. The number of hydrogen-bond acceptors (Lipinski definition) is 4. The molecule has 1 aliphatic carbocycles. The van der Waals surface area contributed by atoms with E-state index in [0.29, 0.717) is 36.9 Å². The van der Waals surface area contributed by atoms with E-state index in [9.17, 15) is 14.4 Å². The van der Waals surface area contributed by atoms with Gasteiger partial charge < -0.3 is 15.1 Å². The molecule has 1 aliphatic heterocycles. The molecule has 136 valence electrons. The van der Waals surface area contributed by atoms with Gasteiger partial charge in [-0.15, -0.1) is 11.8 Å². The van der Waals surface area contributed by atoms with Gasteiger partial charge in [0.25, 0.3) is 0 Å². The fourth-order valence-electron chi connectivity index (χ4n) is 2.84. The van der Waals surface area contributed by atoms with Crippen LogP contribution in [0.1, 0.15) is 38.5 Å². The average Bonchev–Trinajstić information content (AvgIpc) is 2.52. The normalized spacial score (nSPS) is 18.2. The molecule has 0 aromatic heterocycles. The number of rotatable bonds is 9. The molecule has 1 heterocycles. The summed E-state index contributed by atoms with van der Waals surface area (Å²) in [4.78, 5) is 39.0. The van der Waals surface area contributed by atoms with Gasteiger partial charge in [-0.3, -0.25) is 14.4 Å². The van der Waals surface area contributed by atoms with Crippen LogP contribution < -0.4 is 5.32 Å². The lowest BCUT2D eigenvalue weighted by molar-refractivity contribution is -0.135. The average molecular weight is 356 g/mol. The third-order valence-corrected chi connectivity index (χ3v) is 5.74. The highest BCUT2D eigenvalue weighted by Gasteiger charge is 2.20. The Morgan fingerprint density at radius 2 is 2.04 bits per heavy atom. The van der Waals surface area contributed by atoms with Crippen LogP contribution in [0.2, 0.25) is 0 Å². The molecule has 2 aliphatic rings. The van der Waals surface area contributed by atoms with Crippen molar-refractivity contribution in [3.05, 3.63) is 0 Å². The molecule has 0 bridgehead atoms. The van der Waals surface area contributed by atoms with Crippen LogP contribution in [0, 0.1) is 5.92 Å². The summed E-state index contributed by atoms with van der Waals surface area (Å²) in [6.07, 6.45) is 6.37. The summed E-state index contributed by atoms with van der Waals surface area (Å²) < 4.78 is 0. The van der Waals surface area contributed by atoms with E-state index in [2.05, 4.69) is 5.32 Å². The topological polar surface area (TPSA) is 69.7 Å². The van der Waals surface area contributed by atoms with Crippen LogP contribution in [-0.4, -0.2) is 72.3 Å². The summed E-state index contributed by atoms with van der Waals surface area (Å²) in [5.74, 6) is 1.51. The molecule has 0 aromatic carbocycles. The van der Waals surface area contributed by atoms with E-state index in [1.165, 1.54) is 31.0 Å². The lowest BCUT2D eigenvalue weighted by Crippen LogP contribution is -2.42. The number of nitrogens with zero attached hydrogens (tertiary/aromatic N) is 2. The van der Waals surface area contributed by atoms with Crippen molar-refractivity contribution in [3.63, 3.8) is 0 Å². The van der Waals surface area contributed by atoms with Gasteiger partial charge in [0.1, 0.15) is 0 Å². The lowest BCUT2D eigenvalue weighted by atomic mass is 9.85. The van der Waals surface area contributed by atoms with Crippen molar-refractivity contribution < 1.29 is 14.4 Å². The standard InChI is InChI=1S/C17H29N3O3S/c1-19(9-10-20-8-3-2-7-16(20)22)17(23)13-24-12-15(21)18-11-14-5-4-6-14/h14H,2-13H2,1H3,(H,18,21). The van der Waals surface area contributed by atoms with E-state index in [1.54, 1.807) is 11.9 Å². The first-order valence-electron chi connectivity index (χ1n) is 8.92. The first-order valence-corrected chi connectivity index (χ1v) is 10.1. The van der Waals surface area contributed by atoms with Gasteiger partial charge in [0.15, 0.2) is 0 Å². The van der Waals surface area contributed by atoms with Crippen LogP contribution in [-0.2, 0) is 14.4 Å². The van der Waals surface area contributed by atoms with E-state index in [0.717, 1.165) is 25.9 Å². The number of piperidine rings is 1. The minimum atomic E-state index is 0.0104. The van der Waals surface area contributed by atoms with Crippen molar-refractivity contribution >= 4 is 29.5 Å². The number of thioether (sulfide) groups is 1. The largest absolute Gasteiger partial charge is 0.355 e. The fraction of sp³-hybridized carbons (Fsp3) is 0.824. The van der Waals surface area contributed by atoms with Crippen LogP contribution in [0.4, 0.5) is 0 Å². The van der Waals surface area contributed by atoms with Gasteiger partial charge >= 0.3 is 0 Å². The summed E-state index contributed by atoms with van der Waals surface area (Å²) in [6.45, 7) is 2.74. The predicted octanol–water partition coefficient (Wildman–Crippen LogP) is 1.11. The molecule has 1 N–H and O–H groups in total. The molecular formula is C17H29N3O3S. The van der Waals surface area contributed by atoms with E-state index >= 15 is 0 Å². The van der Waals surface area contributed by atoms with Crippen LogP contribution >= 0.6 is 11.8 Å². The van der Waals surface area contributed by atoms with E-state index < -0.39 is 0 Å². The molecule has 6 nitrogen and oxygen atoms in total. The molecule has 7 heteroatoms. The van der Waals surface area contributed by atoms with Crippen LogP contribution in [0.25, 0.3) is 0 Å². The number of carbonyl (C=O) groups is 3. The second kappa shape index (κ2) is 9.91. The van der Waals surface area contributed by atoms with Gasteiger partial charge in [0.05, 0.1) is 11.5 Å². The Balaban J connectivity index is 1.53. The minimum Gasteiger partial charge on any atom is -0.355 e. The van der Waals surface area contributed by atoms with E-state index in [4.69, 9.17) is 0 Å².